The van der Waals surface area contributed by atoms with Crippen LogP contribution in [-0.2, 0) is 11.3 Å². The van der Waals surface area contributed by atoms with Gasteiger partial charge in [0.15, 0.2) is 5.69 Å². The highest BCUT2D eigenvalue weighted by molar-refractivity contribution is 7.09. The van der Waals surface area contributed by atoms with Gasteiger partial charge in [0.1, 0.15) is 16.7 Å². The van der Waals surface area contributed by atoms with E-state index in [9.17, 15) is 14.4 Å². The topological polar surface area (TPSA) is 154 Å². The fourth-order valence-electron chi connectivity index (χ4n) is 3.43. The molecule has 184 valence electrons. The molecule has 0 spiro atoms. The third-order valence-electron chi connectivity index (χ3n) is 4.98. The maximum Gasteiger partial charge on any atom is 0.270 e. The Bertz CT molecular complexity index is 1210. The van der Waals surface area contributed by atoms with Crippen LogP contribution >= 0.6 is 11.5 Å². The number of nitrogens with one attached hydrogen (secondary N) is 1. The minimum absolute atomic E-state index is 0.0183. The third-order valence-corrected chi connectivity index (χ3v) is 5.83. The summed E-state index contributed by atoms with van der Waals surface area (Å²) in [7, 11) is 1.54. The zero-order valence-electron chi connectivity index (χ0n) is 19.9. The van der Waals surface area contributed by atoms with Crippen molar-refractivity contribution >= 4 is 34.9 Å². The Kier molecular flexibility index (Phi) is 7.70. The van der Waals surface area contributed by atoms with E-state index >= 15 is 0 Å². The number of hydrogen-bond donors (Lipinski definition) is 3. The van der Waals surface area contributed by atoms with Gasteiger partial charge >= 0.3 is 0 Å². The lowest BCUT2D eigenvalue weighted by Gasteiger charge is -2.33. The number of primary amides is 1. The number of benzene rings is 1. The van der Waals surface area contributed by atoms with Gasteiger partial charge in [-0.2, -0.15) is 4.37 Å². The Hall–Kier alpha value is -3.99. The lowest BCUT2D eigenvalue weighted by molar-refractivity contribution is -0.127. The molecule has 11 heteroatoms. The molecule has 0 aliphatic rings. The first-order valence-electron chi connectivity index (χ1n) is 10.7. The molecule has 0 saturated heterocycles. The first kappa shape index (κ1) is 25.6. The van der Waals surface area contributed by atoms with Crippen molar-refractivity contribution in [2.45, 2.75) is 38.9 Å². The Morgan fingerprint density at radius 2 is 1.86 bits per heavy atom. The highest BCUT2D eigenvalue weighted by Gasteiger charge is 2.36. The first-order chi connectivity index (χ1) is 16.5. The van der Waals surface area contributed by atoms with E-state index in [1.54, 1.807) is 55.9 Å². The fourth-order valence-corrected chi connectivity index (χ4v) is 4.19. The number of nitrogens with zero attached hydrogens (tertiary/aromatic N) is 3. The van der Waals surface area contributed by atoms with E-state index in [2.05, 4.69) is 14.7 Å². The van der Waals surface area contributed by atoms with Gasteiger partial charge in [0, 0.05) is 24.5 Å². The zero-order valence-corrected chi connectivity index (χ0v) is 20.8. The number of hydrogen-bond acceptors (Lipinski definition) is 8. The molecule has 0 saturated carbocycles. The van der Waals surface area contributed by atoms with Crippen LogP contribution in [0, 0.1) is 0 Å². The zero-order chi connectivity index (χ0) is 25.8. The Morgan fingerprint density at radius 1 is 1.17 bits per heavy atom. The summed E-state index contributed by atoms with van der Waals surface area (Å²) in [5.41, 5.74) is 11.8. The smallest absolute Gasteiger partial charge is 0.270 e. The number of methoxy groups -OCH3 is 1. The van der Waals surface area contributed by atoms with E-state index in [4.69, 9.17) is 16.2 Å². The summed E-state index contributed by atoms with van der Waals surface area (Å²) in [6, 6.07) is 9.37. The minimum Gasteiger partial charge on any atom is -0.497 e. The fraction of sp³-hybridized carbons (Fsp3) is 0.292. The monoisotopic (exact) mass is 496 g/mol. The molecule has 2 aromatic heterocycles. The second-order valence-corrected chi connectivity index (χ2v) is 9.62. The molecule has 1 unspecified atom stereocenters. The molecule has 0 radical (unpaired) electrons. The van der Waals surface area contributed by atoms with Crippen LogP contribution in [0.15, 0.2) is 48.8 Å². The van der Waals surface area contributed by atoms with Crippen molar-refractivity contribution in [3.05, 3.63) is 70.5 Å². The molecule has 5 N–H and O–H groups in total. The number of carbonyl (C=O) groups is 3. The van der Waals surface area contributed by atoms with E-state index in [1.807, 2.05) is 20.8 Å². The van der Waals surface area contributed by atoms with Gasteiger partial charge in [-0.3, -0.25) is 19.4 Å². The van der Waals surface area contributed by atoms with Crippen LogP contribution in [-0.4, -0.2) is 44.6 Å². The molecule has 0 bridgehead atoms. The van der Waals surface area contributed by atoms with Crippen molar-refractivity contribution in [2.24, 2.45) is 5.73 Å². The molecular formula is C24H28N6O4S. The van der Waals surface area contributed by atoms with Crippen LogP contribution in [0.3, 0.4) is 0 Å². The van der Waals surface area contributed by atoms with Crippen LogP contribution < -0.4 is 21.5 Å². The van der Waals surface area contributed by atoms with E-state index < -0.39 is 29.3 Å². The summed E-state index contributed by atoms with van der Waals surface area (Å²) in [4.78, 5) is 44.7. The lowest BCUT2D eigenvalue weighted by atomic mass is 10.0. The van der Waals surface area contributed by atoms with Crippen molar-refractivity contribution in [1.29, 1.82) is 0 Å². The molecule has 0 aliphatic carbocycles. The van der Waals surface area contributed by atoms with E-state index in [1.165, 1.54) is 4.90 Å². The molecule has 3 amide bonds. The number of rotatable bonds is 8. The van der Waals surface area contributed by atoms with Crippen LogP contribution in [0.2, 0.25) is 0 Å². The van der Waals surface area contributed by atoms with Gasteiger partial charge in [-0.05, 0) is 61.6 Å². The van der Waals surface area contributed by atoms with Gasteiger partial charge < -0.3 is 26.4 Å². The van der Waals surface area contributed by atoms with Crippen molar-refractivity contribution in [3.8, 4) is 5.75 Å². The van der Waals surface area contributed by atoms with Gasteiger partial charge in [0.05, 0.1) is 12.8 Å². The van der Waals surface area contributed by atoms with E-state index in [0.717, 1.165) is 11.5 Å². The number of pyridine rings is 1. The molecule has 1 aromatic carbocycles. The van der Waals surface area contributed by atoms with Gasteiger partial charge in [0.2, 0.25) is 5.91 Å². The molecule has 1 atom stereocenters. The summed E-state index contributed by atoms with van der Waals surface area (Å²) >= 11 is 0.761. The third kappa shape index (κ3) is 6.12. The average Bonchev–Trinajstić information content (AvgIpc) is 3.19. The molecule has 3 rings (SSSR count). The van der Waals surface area contributed by atoms with Crippen LogP contribution in [0.1, 0.15) is 58.1 Å². The largest absolute Gasteiger partial charge is 0.497 e. The number of carbonyl (C=O) groups excluding carboxylic acids is 3. The molecule has 10 nitrogen and oxygen atoms in total. The Morgan fingerprint density at radius 3 is 2.37 bits per heavy atom. The Labute approximate surface area is 207 Å². The highest BCUT2D eigenvalue weighted by Crippen LogP contribution is 2.31. The van der Waals surface area contributed by atoms with Gasteiger partial charge in [-0.1, -0.05) is 18.2 Å². The van der Waals surface area contributed by atoms with Gasteiger partial charge in [-0.15, -0.1) is 0 Å². The summed E-state index contributed by atoms with van der Waals surface area (Å²) < 4.78 is 9.20. The number of aromatic nitrogens is 2. The molecule has 0 fully saturated rings. The molecule has 3 aromatic rings. The predicted octanol–water partition coefficient (Wildman–Crippen LogP) is 2.53. The minimum atomic E-state index is -1.04. The summed E-state index contributed by atoms with van der Waals surface area (Å²) in [6.07, 6.45) is 3.22. The second kappa shape index (κ2) is 10.5. The number of ether oxygens (including phenoxy) is 1. The normalized spacial score (nSPS) is 12.0. The van der Waals surface area contributed by atoms with Crippen LogP contribution in [0.25, 0.3) is 0 Å². The molecule has 2 heterocycles. The number of amides is 3. The summed E-state index contributed by atoms with van der Waals surface area (Å²) in [6.45, 7) is 5.60. The summed E-state index contributed by atoms with van der Waals surface area (Å²) in [5, 5.41) is 2.96. The highest BCUT2D eigenvalue weighted by atomic mass is 32.1. The molecule has 0 aliphatic heterocycles. The molecular weight excluding hydrogens is 468 g/mol. The SMILES string of the molecule is COc1ccc(C(C(=O)NC(C)(C)C)N(Cc2cccnc2)C(=O)c2snc(C(N)=O)c2N)cc1. The van der Waals surface area contributed by atoms with E-state index in [-0.39, 0.29) is 22.8 Å². The average molecular weight is 497 g/mol. The number of anilines is 1. The Balaban J connectivity index is 2.15. The quantitative estimate of drug-likeness (QED) is 0.433. The van der Waals surface area contributed by atoms with E-state index in [0.29, 0.717) is 16.9 Å². The number of nitrogen functional groups attached to an aromatic ring is 1. The first-order valence-corrected chi connectivity index (χ1v) is 11.5. The van der Waals surface area contributed by atoms with Gasteiger partial charge in [-0.25, -0.2) is 0 Å². The number of nitrogens with two attached hydrogens (primary N) is 2. The predicted molar refractivity (Wildman–Crippen MR) is 133 cm³/mol. The van der Waals surface area contributed by atoms with Gasteiger partial charge in [0.25, 0.3) is 11.8 Å². The molecule has 35 heavy (non-hydrogen) atoms. The van der Waals surface area contributed by atoms with Crippen molar-refractivity contribution in [2.75, 3.05) is 12.8 Å². The standard InChI is InChI=1S/C24H28N6O4S/c1-24(2,3)28-22(32)19(15-7-9-16(34-4)10-8-15)30(13-14-6-5-11-27-12-14)23(33)20-17(25)18(21(26)31)29-35-20/h5-12,19H,13,25H2,1-4H3,(H2,26,31)(H,28,32). The van der Waals surface area contributed by atoms with Crippen LogP contribution in [0.4, 0.5) is 5.69 Å². The summed E-state index contributed by atoms with van der Waals surface area (Å²) in [5.74, 6) is -1.19. The second-order valence-electron chi connectivity index (χ2n) is 8.85. The van der Waals surface area contributed by atoms with Crippen molar-refractivity contribution in [1.82, 2.24) is 19.6 Å². The van der Waals surface area contributed by atoms with Crippen molar-refractivity contribution < 1.29 is 19.1 Å². The maximum absolute atomic E-state index is 13.9. The van der Waals surface area contributed by atoms with Crippen LogP contribution in [0.5, 0.6) is 5.75 Å². The van der Waals surface area contributed by atoms with Crippen molar-refractivity contribution in [3.63, 3.8) is 0 Å². The lowest BCUT2D eigenvalue weighted by Crippen LogP contribution is -2.49. The maximum atomic E-state index is 13.9.